The first kappa shape index (κ1) is 19.9. The number of nitriles is 1. The molecular formula is C22H20FN7O2. The predicted molar refractivity (Wildman–Crippen MR) is 114 cm³/mol. The Hall–Kier alpha value is -4.00. The number of carbonyl (C=O) groups is 1. The van der Waals surface area contributed by atoms with Crippen LogP contribution in [0.5, 0.6) is 5.75 Å². The van der Waals surface area contributed by atoms with Crippen LogP contribution in [0, 0.1) is 29.0 Å². The van der Waals surface area contributed by atoms with E-state index in [9.17, 15) is 9.18 Å². The van der Waals surface area contributed by atoms with Crippen LogP contribution in [0.15, 0.2) is 30.6 Å². The van der Waals surface area contributed by atoms with Crippen LogP contribution in [0.3, 0.4) is 0 Å². The van der Waals surface area contributed by atoms with Gasteiger partial charge in [-0.05, 0) is 43.9 Å². The number of nitrogens with zero attached hydrogens (tertiary/aromatic N) is 5. The summed E-state index contributed by atoms with van der Waals surface area (Å²) in [5, 5.41) is 16.9. The van der Waals surface area contributed by atoms with Crippen LogP contribution in [-0.4, -0.2) is 36.9 Å². The number of H-pyrrole nitrogens is 1. The standard InChI is InChI=1S/C22H20FN7O2/c1-11(13-5-12(6-13)8-24)27-22(31)32-18-10-26-21-20(18)28-16(9-25-21)19-15-4-3-14(23)7-17(15)30(2)29-19/h3-4,7,9-13H,5-6H2,1-2H3,(H,25,26)(H,27,31). The zero-order valence-corrected chi connectivity index (χ0v) is 17.5. The predicted octanol–water partition coefficient (Wildman–Crippen LogP) is 3.68. The highest BCUT2D eigenvalue weighted by Crippen LogP contribution is 2.35. The summed E-state index contributed by atoms with van der Waals surface area (Å²) in [6.45, 7) is 1.90. The normalized spacial score (nSPS) is 18.8. The number of rotatable bonds is 4. The Morgan fingerprint density at radius 3 is 3.03 bits per heavy atom. The minimum atomic E-state index is -0.593. The molecule has 1 aromatic carbocycles. The maximum absolute atomic E-state index is 13.6. The van der Waals surface area contributed by atoms with Gasteiger partial charge < -0.3 is 15.0 Å². The van der Waals surface area contributed by atoms with Crippen LogP contribution in [0.25, 0.3) is 33.5 Å². The number of ether oxygens (including phenoxy) is 1. The van der Waals surface area contributed by atoms with Gasteiger partial charge in [0.25, 0.3) is 0 Å². The van der Waals surface area contributed by atoms with E-state index in [2.05, 4.69) is 31.4 Å². The van der Waals surface area contributed by atoms with Gasteiger partial charge in [-0.3, -0.25) is 4.68 Å². The van der Waals surface area contributed by atoms with Gasteiger partial charge in [0.2, 0.25) is 0 Å². The minimum Gasteiger partial charge on any atom is -0.406 e. The monoisotopic (exact) mass is 433 g/mol. The van der Waals surface area contributed by atoms with Gasteiger partial charge >= 0.3 is 6.09 Å². The molecule has 9 nitrogen and oxygen atoms in total. The van der Waals surface area contributed by atoms with Crippen molar-refractivity contribution < 1.29 is 13.9 Å². The molecule has 1 amide bonds. The van der Waals surface area contributed by atoms with Crippen LogP contribution in [0.1, 0.15) is 19.8 Å². The van der Waals surface area contributed by atoms with Crippen molar-refractivity contribution in [2.45, 2.75) is 25.8 Å². The smallest absolute Gasteiger partial charge is 0.406 e. The molecule has 3 heterocycles. The number of aromatic amines is 1. The first-order chi connectivity index (χ1) is 15.4. The highest BCUT2D eigenvalue weighted by atomic mass is 19.1. The van der Waals surface area contributed by atoms with E-state index in [0.717, 1.165) is 18.2 Å². The lowest BCUT2D eigenvalue weighted by Crippen LogP contribution is -2.44. The summed E-state index contributed by atoms with van der Waals surface area (Å²) in [6, 6.07) is 6.58. The number of halogens is 1. The Bertz CT molecular complexity index is 1380. The first-order valence-corrected chi connectivity index (χ1v) is 10.3. The van der Waals surface area contributed by atoms with Gasteiger partial charge in [0.1, 0.15) is 17.2 Å². The first-order valence-electron chi connectivity index (χ1n) is 10.3. The van der Waals surface area contributed by atoms with Gasteiger partial charge in [-0.2, -0.15) is 10.4 Å². The molecule has 3 aromatic heterocycles. The van der Waals surface area contributed by atoms with E-state index in [1.165, 1.54) is 18.3 Å². The van der Waals surface area contributed by atoms with Gasteiger partial charge in [-0.25, -0.2) is 19.2 Å². The SMILES string of the molecule is CC(NC(=O)Oc1c[nH]c2ncc(-c3nn(C)c4cc(F)ccc34)nc12)C1CC(C#N)C1. The third-order valence-electron chi connectivity index (χ3n) is 6.01. The van der Waals surface area contributed by atoms with Crippen molar-refractivity contribution in [1.82, 2.24) is 30.0 Å². The van der Waals surface area contributed by atoms with Gasteiger partial charge in [0, 0.05) is 30.6 Å². The number of carbonyl (C=O) groups excluding carboxylic acids is 1. The average molecular weight is 433 g/mol. The van der Waals surface area contributed by atoms with Gasteiger partial charge in [0.15, 0.2) is 16.9 Å². The molecule has 1 aliphatic carbocycles. The number of hydrogen-bond donors (Lipinski definition) is 2. The third-order valence-corrected chi connectivity index (χ3v) is 6.01. The molecule has 0 spiro atoms. The number of benzene rings is 1. The highest BCUT2D eigenvalue weighted by molar-refractivity contribution is 5.93. The maximum atomic E-state index is 13.6. The van der Waals surface area contributed by atoms with Crippen LogP contribution in [-0.2, 0) is 7.05 Å². The molecule has 0 aliphatic heterocycles. The summed E-state index contributed by atoms with van der Waals surface area (Å²) in [7, 11) is 1.73. The average Bonchev–Trinajstić information content (AvgIpc) is 3.27. The van der Waals surface area contributed by atoms with Crippen molar-refractivity contribution in [2.24, 2.45) is 18.9 Å². The number of fused-ring (bicyclic) bond motifs is 2. The number of aromatic nitrogens is 5. The lowest BCUT2D eigenvalue weighted by atomic mass is 9.72. The molecule has 10 heteroatoms. The summed E-state index contributed by atoms with van der Waals surface area (Å²) in [5.41, 5.74) is 2.52. The maximum Gasteiger partial charge on any atom is 0.412 e. The van der Waals surface area contributed by atoms with E-state index in [4.69, 9.17) is 10.00 Å². The second-order valence-corrected chi connectivity index (χ2v) is 8.12. The van der Waals surface area contributed by atoms with Crippen molar-refractivity contribution in [3.63, 3.8) is 0 Å². The largest absolute Gasteiger partial charge is 0.412 e. The van der Waals surface area contributed by atoms with E-state index in [-0.39, 0.29) is 29.4 Å². The van der Waals surface area contributed by atoms with E-state index < -0.39 is 6.09 Å². The fourth-order valence-corrected chi connectivity index (χ4v) is 4.09. The van der Waals surface area contributed by atoms with Crippen LogP contribution < -0.4 is 10.1 Å². The zero-order valence-electron chi connectivity index (χ0n) is 17.5. The molecule has 1 unspecified atom stereocenters. The zero-order chi connectivity index (χ0) is 22.4. The van der Waals surface area contributed by atoms with E-state index in [0.29, 0.717) is 28.1 Å². The number of nitrogens with one attached hydrogen (secondary N) is 2. The van der Waals surface area contributed by atoms with Crippen molar-refractivity contribution in [3.8, 4) is 23.2 Å². The van der Waals surface area contributed by atoms with Crippen LogP contribution >= 0.6 is 0 Å². The molecule has 0 saturated heterocycles. The van der Waals surface area contributed by atoms with Crippen LogP contribution in [0.2, 0.25) is 0 Å². The Kier molecular flexibility index (Phi) is 4.74. The second kappa shape index (κ2) is 7.60. The molecule has 1 fully saturated rings. The minimum absolute atomic E-state index is 0.0711. The fourth-order valence-electron chi connectivity index (χ4n) is 4.09. The van der Waals surface area contributed by atoms with Crippen molar-refractivity contribution >= 4 is 28.2 Å². The van der Waals surface area contributed by atoms with E-state index in [1.54, 1.807) is 24.0 Å². The molecule has 1 saturated carbocycles. The molecular weight excluding hydrogens is 413 g/mol. The Morgan fingerprint density at radius 2 is 2.25 bits per heavy atom. The molecule has 5 rings (SSSR count). The molecule has 162 valence electrons. The van der Waals surface area contributed by atoms with E-state index in [1.807, 2.05) is 6.92 Å². The Morgan fingerprint density at radius 1 is 1.44 bits per heavy atom. The topological polar surface area (TPSA) is 122 Å². The highest BCUT2D eigenvalue weighted by Gasteiger charge is 2.34. The molecule has 1 aliphatic rings. The van der Waals surface area contributed by atoms with Gasteiger partial charge in [0.05, 0.1) is 17.8 Å². The summed E-state index contributed by atoms with van der Waals surface area (Å²) >= 11 is 0. The summed E-state index contributed by atoms with van der Waals surface area (Å²) in [5.74, 6) is 0.236. The van der Waals surface area contributed by atoms with Gasteiger partial charge in [-0.1, -0.05) is 0 Å². The van der Waals surface area contributed by atoms with Crippen molar-refractivity contribution in [2.75, 3.05) is 0 Å². The lowest BCUT2D eigenvalue weighted by Gasteiger charge is -2.35. The molecule has 1 atom stereocenters. The van der Waals surface area contributed by atoms with Crippen LogP contribution in [0.4, 0.5) is 9.18 Å². The Balaban J connectivity index is 1.39. The molecule has 0 bridgehead atoms. The number of hydrogen-bond acceptors (Lipinski definition) is 6. The van der Waals surface area contributed by atoms with E-state index >= 15 is 0 Å². The van der Waals surface area contributed by atoms with Gasteiger partial charge in [-0.15, -0.1) is 0 Å². The number of aryl methyl sites for hydroxylation is 1. The van der Waals surface area contributed by atoms with Crippen molar-refractivity contribution in [3.05, 3.63) is 36.4 Å². The quantitative estimate of drug-likeness (QED) is 0.506. The second-order valence-electron chi connectivity index (χ2n) is 8.12. The van der Waals surface area contributed by atoms with Crippen molar-refractivity contribution in [1.29, 1.82) is 5.26 Å². The summed E-state index contributed by atoms with van der Waals surface area (Å²) in [4.78, 5) is 24.3. The Labute approximate surface area is 182 Å². The molecule has 2 N–H and O–H groups in total. The molecule has 4 aromatic rings. The summed E-state index contributed by atoms with van der Waals surface area (Å²) in [6.07, 6.45) is 4.06. The molecule has 32 heavy (non-hydrogen) atoms. The number of amides is 1. The third kappa shape index (κ3) is 3.41. The lowest BCUT2D eigenvalue weighted by molar-refractivity contribution is 0.165. The summed E-state index contributed by atoms with van der Waals surface area (Å²) < 4.78 is 20.7. The molecule has 0 radical (unpaired) electrons. The fraction of sp³-hybridized carbons (Fsp3) is 0.318.